The van der Waals surface area contributed by atoms with Crippen molar-refractivity contribution in [3.8, 4) is 0 Å². The Morgan fingerprint density at radius 1 is 1.50 bits per heavy atom. The lowest BCUT2D eigenvalue weighted by Crippen LogP contribution is -2.52. The van der Waals surface area contributed by atoms with Gasteiger partial charge in [0.15, 0.2) is 0 Å². The number of aromatic nitrogens is 2. The molecule has 1 amide bonds. The number of carbonyl (C=O) groups excluding carboxylic acids is 1. The van der Waals surface area contributed by atoms with E-state index in [0.717, 1.165) is 31.4 Å². The van der Waals surface area contributed by atoms with Crippen molar-refractivity contribution in [2.24, 2.45) is 7.05 Å². The van der Waals surface area contributed by atoms with E-state index < -0.39 is 0 Å². The van der Waals surface area contributed by atoms with Crippen molar-refractivity contribution in [1.29, 1.82) is 0 Å². The zero-order chi connectivity index (χ0) is 14.5. The Morgan fingerprint density at radius 2 is 2.30 bits per heavy atom. The van der Waals surface area contributed by atoms with E-state index in [0.29, 0.717) is 12.6 Å². The number of hydrogen-bond donors (Lipinski definition) is 1. The largest absolute Gasteiger partial charge is 0.354 e. The highest BCUT2D eigenvalue weighted by Gasteiger charge is 2.29. The zero-order valence-corrected chi connectivity index (χ0v) is 12.8. The highest BCUT2D eigenvalue weighted by Crippen LogP contribution is 2.19. The number of carbonyl (C=O) groups is 1. The average Bonchev–Trinajstić information content (AvgIpc) is 2.84. The first kappa shape index (κ1) is 15.0. The van der Waals surface area contributed by atoms with Crippen LogP contribution >= 0.6 is 0 Å². The minimum atomic E-state index is 0.0534. The maximum absolute atomic E-state index is 12.3. The SMILES string of the molecule is CC(C)N1CCCC[C@@H]1C(=O)NCCc1cnn(C)c1. The van der Waals surface area contributed by atoms with Crippen molar-refractivity contribution in [2.45, 2.75) is 51.6 Å². The van der Waals surface area contributed by atoms with E-state index in [4.69, 9.17) is 0 Å². The first-order valence-corrected chi connectivity index (χ1v) is 7.59. The van der Waals surface area contributed by atoms with Crippen molar-refractivity contribution in [2.75, 3.05) is 13.1 Å². The molecule has 1 atom stereocenters. The molecule has 1 aromatic rings. The number of likely N-dealkylation sites (tertiary alicyclic amines) is 1. The van der Waals surface area contributed by atoms with Crippen LogP contribution in [0, 0.1) is 0 Å². The Kier molecular flexibility index (Phi) is 5.17. The molecule has 0 aromatic carbocycles. The second kappa shape index (κ2) is 6.88. The third-order valence-corrected chi connectivity index (χ3v) is 3.98. The molecule has 1 fully saturated rings. The van der Waals surface area contributed by atoms with Crippen LogP contribution in [0.25, 0.3) is 0 Å². The van der Waals surface area contributed by atoms with E-state index in [1.807, 2.05) is 19.4 Å². The molecule has 1 aliphatic heterocycles. The molecule has 112 valence electrons. The molecule has 0 radical (unpaired) electrons. The number of piperidine rings is 1. The number of nitrogens with zero attached hydrogens (tertiary/aromatic N) is 3. The molecule has 0 spiro atoms. The van der Waals surface area contributed by atoms with Gasteiger partial charge in [-0.05, 0) is 45.2 Å². The van der Waals surface area contributed by atoms with Gasteiger partial charge in [0.1, 0.15) is 0 Å². The van der Waals surface area contributed by atoms with Gasteiger partial charge in [0.25, 0.3) is 0 Å². The van der Waals surface area contributed by atoms with E-state index in [1.54, 1.807) is 4.68 Å². The fourth-order valence-corrected chi connectivity index (χ4v) is 2.90. The molecule has 5 nitrogen and oxygen atoms in total. The Morgan fingerprint density at radius 3 is 2.95 bits per heavy atom. The lowest BCUT2D eigenvalue weighted by atomic mass is 9.99. The van der Waals surface area contributed by atoms with Crippen LogP contribution in [-0.2, 0) is 18.3 Å². The van der Waals surface area contributed by atoms with Crippen LogP contribution in [-0.4, -0.2) is 45.8 Å². The molecular formula is C15H26N4O. The quantitative estimate of drug-likeness (QED) is 0.884. The summed E-state index contributed by atoms with van der Waals surface area (Å²) >= 11 is 0. The summed E-state index contributed by atoms with van der Waals surface area (Å²) in [5, 5.41) is 7.21. The Hall–Kier alpha value is -1.36. The highest BCUT2D eigenvalue weighted by molar-refractivity contribution is 5.81. The summed E-state index contributed by atoms with van der Waals surface area (Å²) < 4.78 is 1.79. The van der Waals surface area contributed by atoms with Gasteiger partial charge in [-0.1, -0.05) is 6.42 Å². The summed E-state index contributed by atoms with van der Waals surface area (Å²) in [6.07, 6.45) is 8.03. The van der Waals surface area contributed by atoms with Crippen LogP contribution < -0.4 is 5.32 Å². The van der Waals surface area contributed by atoms with Crippen LogP contribution in [0.15, 0.2) is 12.4 Å². The Bertz CT molecular complexity index is 441. The van der Waals surface area contributed by atoms with Gasteiger partial charge in [-0.3, -0.25) is 14.4 Å². The van der Waals surface area contributed by atoms with Crippen LogP contribution in [0.5, 0.6) is 0 Å². The molecular weight excluding hydrogens is 252 g/mol. The number of nitrogens with one attached hydrogen (secondary N) is 1. The number of hydrogen-bond acceptors (Lipinski definition) is 3. The minimum Gasteiger partial charge on any atom is -0.354 e. The molecule has 1 aliphatic rings. The van der Waals surface area contributed by atoms with Gasteiger partial charge in [-0.15, -0.1) is 0 Å². The van der Waals surface area contributed by atoms with E-state index in [1.165, 1.54) is 6.42 Å². The van der Waals surface area contributed by atoms with Gasteiger partial charge >= 0.3 is 0 Å². The maximum atomic E-state index is 12.3. The second-order valence-corrected chi connectivity index (χ2v) is 5.91. The van der Waals surface area contributed by atoms with Crippen molar-refractivity contribution < 1.29 is 4.79 Å². The molecule has 0 saturated carbocycles. The van der Waals surface area contributed by atoms with Gasteiger partial charge < -0.3 is 5.32 Å². The summed E-state index contributed by atoms with van der Waals surface area (Å²) in [4.78, 5) is 14.7. The van der Waals surface area contributed by atoms with Crippen LogP contribution in [0.3, 0.4) is 0 Å². The van der Waals surface area contributed by atoms with Crippen LogP contribution in [0.1, 0.15) is 38.7 Å². The molecule has 5 heteroatoms. The number of rotatable bonds is 5. The van der Waals surface area contributed by atoms with Crippen molar-refractivity contribution >= 4 is 5.91 Å². The van der Waals surface area contributed by atoms with Gasteiger partial charge in [-0.25, -0.2) is 0 Å². The third kappa shape index (κ3) is 3.82. The molecule has 1 aromatic heterocycles. The second-order valence-electron chi connectivity index (χ2n) is 5.91. The highest BCUT2D eigenvalue weighted by atomic mass is 16.2. The third-order valence-electron chi connectivity index (χ3n) is 3.98. The monoisotopic (exact) mass is 278 g/mol. The molecule has 1 N–H and O–H groups in total. The normalized spacial score (nSPS) is 20.3. The maximum Gasteiger partial charge on any atom is 0.237 e. The van der Waals surface area contributed by atoms with Crippen molar-refractivity contribution in [1.82, 2.24) is 20.0 Å². The summed E-state index contributed by atoms with van der Waals surface area (Å²) in [6, 6.07) is 0.488. The Balaban J connectivity index is 1.81. The molecule has 20 heavy (non-hydrogen) atoms. The number of aryl methyl sites for hydroxylation is 1. The molecule has 2 rings (SSSR count). The number of amides is 1. The van der Waals surface area contributed by atoms with Crippen molar-refractivity contribution in [3.05, 3.63) is 18.0 Å². The van der Waals surface area contributed by atoms with Crippen molar-refractivity contribution in [3.63, 3.8) is 0 Å². The molecule has 2 heterocycles. The van der Waals surface area contributed by atoms with E-state index in [2.05, 4.69) is 29.2 Å². The molecule has 0 aliphatic carbocycles. The predicted octanol–water partition coefficient (Wildman–Crippen LogP) is 1.34. The standard InChI is InChI=1S/C15H26N4O/c1-12(2)19-9-5-4-6-14(19)15(20)16-8-7-13-10-17-18(3)11-13/h10-12,14H,4-9H2,1-3H3,(H,16,20)/t14-/m1/s1. The summed E-state index contributed by atoms with van der Waals surface area (Å²) in [5.41, 5.74) is 1.16. The minimum absolute atomic E-state index is 0.0534. The first-order chi connectivity index (χ1) is 9.58. The fourth-order valence-electron chi connectivity index (χ4n) is 2.90. The van der Waals surface area contributed by atoms with Crippen LogP contribution in [0.2, 0.25) is 0 Å². The fraction of sp³-hybridized carbons (Fsp3) is 0.733. The lowest BCUT2D eigenvalue weighted by Gasteiger charge is -2.37. The van der Waals surface area contributed by atoms with E-state index in [-0.39, 0.29) is 11.9 Å². The van der Waals surface area contributed by atoms with Gasteiger partial charge in [0.05, 0.1) is 12.2 Å². The van der Waals surface area contributed by atoms with Gasteiger partial charge in [-0.2, -0.15) is 5.10 Å². The topological polar surface area (TPSA) is 50.2 Å². The van der Waals surface area contributed by atoms with E-state index in [9.17, 15) is 4.79 Å². The molecule has 1 saturated heterocycles. The van der Waals surface area contributed by atoms with Crippen LogP contribution in [0.4, 0.5) is 0 Å². The van der Waals surface area contributed by atoms with Gasteiger partial charge in [0, 0.05) is 25.8 Å². The summed E-state index contributed by atoms with van der Waals surface area (Å²) in [5.74, 6) is 0.183. The summed E-state index contributed by atoms with van der Waals surface area (Å²) in [6.45, 7) is 6.06. The molecule has 0 bridgehead atoms. The predicted molar refractivity (Wildman–Crippen MR) is 79.4 cm³/mol. The smallest absolute Gasteiger partial charge is 0.237 e. The summed E-state index contributed by atoms with van der Waals surface area (Å²) in [7, 11) is 1.91. The van der Waals surface area contributed by atoms with Gasteiger partial charge in [0.2, 0.25) is 5.91 Å². The lowest BCUT2D eigenvalue weighted by molar-refractivity contribution is -0.128. The Labute approximate surface area is 121 Å². The average molecular weight is 278 g/mol. The first-order valence-electron chi connectivity index (χ1n) is 7.59. The molecule has 0 unspecified atom stereocenters. The zero-order valence-electron chi connectivity index (χ0n) is 12.8. The van der Waals surface area contributed by atoms with E-state index >= 15 is 0 Å².